The van der Waals surface area contributed by atoms with Crippen LogP contribution < -0.4 is 29.2 Å². The molecule has 3 aliphatic rings. The van der Waals surface area contributed by atoms with Gasteiger partial charge < -0.3 is 33.9 Å². The first-order chi connectivity index (χ1) is 15.3. The average molecular weight is 420 g/mol. The van der Waals surface area contributed by atoms with E-state index in [1.54, 1.807) is 0 Å². The monoisotopic (exact) mass is 420 g/mol. The fourth-order valence-corrected chi connectivity index (χ4v) is 3.75. The lowest BCUT2D eigenvalue weighted by Crippen LogP contribution is -2.36. The van der Waals surface area contributed by atoms with Crippen LogP contribution in [0, 0.1) is 0 Å². The highest BCUT2D eigenvalue weighted by atomic mass is 16.7. The van der Waals surface area contributed by atoms with Gasteiger partial charge in [0.25, 0.3) is 0 Å². The quantitative estimate of drug-likeness (QED) is 0.684. The summed E-state index contributed by atoms with van der Waals surface area (Å²) in [4.78, 5) is 11.7. The van der Waals surface area contributed by atoms with Crippen molar-refractivity contribution in [2.45, 2.75) is 0 Å². The highest BCUT2D eigenvalue weighted by Gasteiger charge is 2.19. The minimum absolute atomic E-state index is 0.232. The van der Waals surface area contributed by atoms with Crippen molar-refractivity contribution in [1.29, 1.82) is 0 Å². The number of aromatic nitrogens is 2. The second kappa shape index (κ2) is 7.51. The molecular weight excluding hydrogens is 400 g/mol. The van der Waals surface area contributed by atoms with E-state index in [0.29, 0.717) is 30.7 Å². The van der Waals surface area contributed by atoms with E-state index in [9.17, 15) is 0 Å². The van der Waals surface area contributed by atoms with Crippen LogP contribution in [0.3, 0.4) is 0 Å². The van der Waals surface area contributed by atoms with Crippen molar-refractivity contribution in [3.63, 3.8) is 0 Å². The zero-order chi connectivity index (χ0) is 20.6. The Bertz CT molecular complexity index is 1130. The number of hydrogen-bond donors (Lipinski definition) is 1. The van der Waals surface area contributed by atoms with Crippen LogP contribution in [-0.4, -0.2) is 49.9 Å². The summed E-state index contributed by atoms with van der Waals surface area (Å²) < 4.78 is 27.4. The largest absolute Gasteiger partial charge is 0.454 e. The Hall–Kier alpha value is -3.72. The Morgan fingerprint density at radius 1 is 0.742 bits per heavy atom. The molecule has 3 aliphatic heterocycles. The molecular formula is C22H20N4O5. The molecule has 9 nitrogen and oxygen atoms in total. The first-order valence-electron chi connectivity index (χ1n) is 10.1. The summed E-state index contributed by atoms with van der Waals surface area (Å²) in [7, 11) is 0. The number of fused-ring (bicyclic) bond motifs is 2. The summed E-state index contributed by atoms with van der Waals surface area (Å²) in [5.41, 5.74) is 2.54. The van der Waals surface area contributed by atoms with E-state index in [4.69, 9.17) is 33.7 Å². The molecule has 31 heavy (non-hydrogen) atoms. The van der Waals surface area contributed by atoms with Gasteiger partial charge >= 0.3 is 0 Å². The van der Waals surface area contributed by atoms with Gasteiger partial charge in [-0.15, -0.1) is 0 Å². The van der Waals surface area contributed by atoms with Crippen LogP contribution in [-0.2, 0) is 4.74 Å². The number of hydrogen-bond acceptors (Lipinski definition) is 9. The van der Waals surface area contributed by atoms with Crippen molar-refractivity contribution in [2.75, 3.05) is 50.1 Å². The molecule has 6 rings (SSSR count). The molecule has 9 heteroatoms. The Labute approximate surface area is 178 Å². The standard InChI is InChI=1S/C22H20N4O5/c1-3-17-19(30-12-28-17)9-14(1)16-11-21(26-5-7-27-8-6-26)25-22(24-16)23-15-2-4-18-20(10-15)31-13-29-18/h1-4,9-11H,5-8,12-13H2,(H,23,24,25). The van der Waals surface area contributed by atoms with Gasteiger partial charge in [0.05, 0.1) is 18.9 Å². The Kier molecular flexibility index (Phi) is 4.38. The van der Waals surface area contributed by atoms with Crippen LogP contribution >= 0.6 is 0 Å². The molecule has 4 heterocycles. The lowest BCUT2D eigenvalue weighted by atomic mass is 10.1. The molecule has 1 N–H and O–H groups in total. The maximum absolute atomic E-state index is 5.54. The van der Waals surface area contributed by atoms with E-state index in [2.05, 4.69) is 10.2 Å². The smallest absolute Gasteiger partial charge is 0.231 e. The van der Waals surface area contributed by atoms with Crippen molar-refractivity contribution in [2.24, 2.45) is 0 Å². The van der Waals surface area contributed by atoms with Crippen LogP contribution in [0.1, 0.15) is 0 Å². The zero-order valence-corrected chi connectivity index (χ0v) is 16.7. The van der Waals surface area contributed by atoms with Crippen molar-refractivity contribution >= 4 is 17.5 Å². The van der Waals surface area contributed by atoms with Crippen molar-refractivity contribution in [1.82, 2.24) is 9.97 Å². The molecule has 0 atom stereocenters. The molecule has 158 valence electrons. The summed E-state index contributed by atoms with van der Waals surface area (Å²) in [5, 5.41) is 3.30. The van der Waals surface area contributed by atoms with Gasteiger partial charge in [-0.05, 0) is 30.3 Å². The Balaban J connectivity index is 1.37. The van der Waals surface area contributed by atoms with E-state index >= 15 is 0 Å². The fourth-order valence-electron chi connectivity index (χ4n) is 3.75. The SMILES string of the molecule is c1cc2c(cc1Nc1nc(-c3ccc4c(c3)OCO4)cc(N3CCOCC3)n1)OCO2. The third-order valence-corrected chi connectivity index (χ3v) is 5.34. The second-order valence-corrected chi connectivity index (χ2v) is 7.30. The molecule has 0 bridgehead atoms. The average Bonchev–Trinajstić information content (AvgIpc) is 3.48. The summed E-state index contributed by atoms with van der Waals surface area (Å²) in [5.74, 6) is 4.23. The molecule has 2 aromatic carbocycles. The topological polar surface area (TPSA) is 87.2 Å². The summed E-state index contributed by atoms with van der Waals surface area (Å²) in [6, 6.07) is 13.5. The predicted molar refractivity (Wildman–Crippen MR) is 112 cm³/mol. The minimum Gasteiger partial charge on any atom is -0.454 e. The van der Waals surface area contributed by atoms with E-state index in [0.717, 1.165) is 47.4 Å². The van der Waals surface area contributed by atoms with E-state index in [-0.39, 0.29) is 13.6 Å². The minimum atomic E-state index is 0.232. The van der Waals surface area contributed by atoms with Gasteiger partial charge in [0.1, 0.15) is 5.82 Å². The third kappa shape index (κ3) is 3.53. The van der Waals surface area contributed by atoms with Crippen LogP contribution in [0.4, 0.5) is 17.5 Å². The highest BCUT2D eigenvalue weighted by Crippen LogP contribution is 2.37. The van der Waals surface area contributed by atoms with Crippen molar-refractivity contribution < 1.29 is 23.7 Å². The number of anilines is 3. The van der Waals surface area contributed by atoms with Gasteiger partial charge in [-0.1, -0.05) is 0 Å². The molecule has 1 fully saturated rings. The van der Waals surface area contributed by atoms with Gasteiger partial charge in [0.2, 0.25) is 19.5 Å². The maximum atomic E-state index is 5.54. The highest BCUT2D eigenvalue weighted by molar-refractivity contribution is 5.70. The molecule has 0 spiro atoms. The summed E-state index contributed by atoms with van der Waals surface area (Å²) in [6.07, 6.45) is 0. The van der Waals surface area contributed by atoms with Gasteiger partial charge in [0, 0.05) is 36.5 Å². The lowest BCUT2D eigenvalue weighted by Gasteiger charge is -2.28. The first-order valence-corrected chi connectivity index (χ1v) is 10.1. The second-order valence-electron chi connectivity index (χ2n) is 7.30. The van der Waals surface area contributed by atoms with Gasteiger partial charge in [0.15, 0.2) is 23.0 Å². The zero-order valence-electron chi connectivity index (χ0n) is 16.7. The molecule has 0 radical (unpaired) electrons. The van der Waals surface area contributed by atoms with E-state index < -0.39 is 0 Å². The van der Waals surface area contributed by atoms with Gasteiger partial charge in [-0.25, -0.2) is 4.98 Å². The number of nitrogens with zero attached hydrogens (tertiary/aromatic N) is 3. The van der Waals surface area contributed by atoms with Crippen LogP contribution in [0.5, 0.6) is 23.0 Å². The lowest BCUT2D eigenvalue weighted by molar-refractivity contribution is 0.122. The maximum Gasteiger partial charge on any atom is 0.231 e. The fraction of sp³-hybridized carbons (Fsp3) is 0.273. The van der Waals surface area contributed by atoms with Gasteiger partial charge in [-0.2, -0.15) is 4.98 Å². The van der Waals surface area contributed by atoms with Crippen molar-refractivity contribution in [3.8, 4) is 34.3 Å². The van der Waals surface area contributed by atoms with Crippen LogP contribution in [0.15, 0.2) is 42.5 Å². The van der Waals surface area contributed by atoms with Crippen LogP contribution in [0.25, 0.3) is 11.3 Å². The Morgan fingerprint density at radius 3 is 2.26 bits per heavy atom. The molecule has 0 unspecified atom stereocenters. The summed E-state index contributed by atoms with van der Waals surface area (Å²) >= 11 is 0. The molecule has 1 aromatic heterocycles. The molecule has 0 amide bonds. The molecule has 0 saturated carbocycles. The normalized spacial score (nSPS) is 16.5. The van der Waals surface area contributed by atoms with Gasteiger partial charge in [-0.3, -0.25) is 0 Å². The molecule has 0 aliphatic carbocycles. The Morgan fingerprint density at radius 2 is 1.45 bits per heavy atom. The van der Waals surface area contributed by atoms with Crippen molar-refractivity contribution in [3.05, 3.63) is 42.5 Å². The number of nitrogens with one attached hydrogen (secondary N) is 1. The van der Waals surface area contributed by atoms with Crippen LogP contribution in [0.2, 0.25) is 0 Å². The number of rotatable bonds is 4. The number of benzene rings is 2. The van der Waals surface area contributed by atoms with E-state index in [1.807, 2.05) is 42.5 Å². The number of morpholine rings is 1. The predicted octanol–water partition coefficient (Wildman–Crippen LogP) is 3.18. The molecule has 3 aromatic rings. The summed E-state index contributed by atoms with van der Waals surface area (Å²) in [6.45, 7) is 3.37. The number of ether oxygens (including phenoxy) is 5. The molecule has 1 saturated heterocycles. The van der Waals surface area contributed by atoms with E-state index in [1.165, 1.54) is 0 Å². The first kappa shape index (κ1) is 18.1. The third-order valence-electron chi connectivity index (χ3n) is 5.34.